The predicted molar refractivity (Wildman–Crippen MR) is 131 cm³/mol. The molecule has 1 aliphatic rings. The fraction of sp³-hybridized carbons (Fsp3) is 0.417. The van der Waals surface area contributed by atoms with Crippen LogP contribution in [0.5, 0.6) is 11.5 Å². The maximum absolute atomic E-state index is 11.6. The second kappa shape index (κ2) is 10.1. The van der Waals surface area contributed by atoms with Gasteiger partial charge in [-0.05, 0) is 24.3 Å². The fourth-order valence-electron chi connectivity index (χ4n) is 4.24. The zero-order chi connectivity index (χ0) is 25.3. The maximum atomic E-state index is 11.6. The Kier molecular flexibility index (Phi) is 7.37. The van der Waals surface area contributed by atoms with E-state index in [1.54, 1.807) is 26.4 Å². The molecule has 0 fully saturated rings. The zero-order valence-electron chi connectivity index (χ0n) is 20.2. The Bertz CT molecular complexity index is 1320. The van der Waals surface area contributed by atoms with Crippen LogP contribution in [0.4, 0.5) is 0 Å². The number of hydrogen-bond donors (Lipinski definition) is 0. The number of para-hydroxylation sites is 1. The minimum Gasteiger partial charge on any atom is -0.493 e. The van der Waals surface area contributed by atoms with Crippen LogP contribution in [0.1, 0.15) is 61.2 Å². The van der Waals surface area contributed by atoms with Crippen LogP contribution in [0.2, 0.25) is 5.02 Å². The van der Waals surface area contributed by atoms with Gasteiger partial charge in [0, 0.05) is 28.5 Å². The first-order chi connectivity index (χ1) is 16.6. The van der Waals surface area contributed by atoms with Crippen molar-refractivity contribution < 1.29 is 26.8 Å². The van der Waals surface area contributed by atoms with Crippen molar-refractivity contribution in [2.75, 3.05) is 27.1 Å². The molecule has 35 heavy (non-hydrogen) atoms. The molecular weight excluding hydrogens is 494 g/mol. The molecule has 4 rings (SSSR count). The Morgan fingerprint density at radius 2 is 1.89 bits per heavy atom. The van der Waals surface area contributed by atoms with Gasteiger partial charge < -0.3 is 14.2 Å². The minimum absolute atomic E-state index is 0.0654. The highest BCUT2D eigenvalue weighted by Crippen LogP contribution is 2.46. The monoisotopic (exact) mass is 521 g/mol. The molecule has 3 aromatic rings. The average molecular weight is 522 g/mol. The molecule has 0 aliphatic carbocycles. The van der Waals surface area contributed by atoms with E-state index in [9.17, 15) is 8.42 Å². The minimum atomic E-state index is -3.62. The van der Waals surface area contributed by atoms with Crippen LogP contribution in [-0.2, 0) is 19.0 Å². The topological polar surface area (TPSA) is 102 Å². The molecule has 0 unspecified atom stereocenters. The Morgan fingerprint density at radius 1 is 1.11 bits per heavy atom. The van der Waals surface area contributed by atoms with Gasteiger partial charge >= 0.3 is 0 Å². The third kappa shape index (κ3) is 5.16. The van der Waals surface area contributed by atoms with E-state index < -0.39 is 22.3 Å². The van der Waals surface area contributed by atoms with Gasteiger partial charge in [0.2, 0.25) is 0 Å². The first-order valence-corrected chi connectivity index (χ1v) is 13.3. The molecule has 2 aromatic carbocycles. The van der Waals surface area contributed by atoms with Crippen LogP contribution in [-0.4, -0.2) is 50.3 Å². The van der Waals surface area contributed by atoms with Gasteiger partial charge in [0.1, 0.15) is 18.0 Å². The number of hydrogen-bond acceptors (Lipinski definition) is 8. The van der Waals surface area contributed by atoms with E-state index in [2.05, 4.69) is 10.2 Å². The highest BCUT2D eigenvalue weighted by Gasteiger charge is 2.36. The van der Waals surface area contributed by atoms with E-state index in [0.717, 1.165) is 28.9 Å². The maximum Gasteiger partial charge on any atom is 0.264 e. The molecule has 0 radical (unpaired) electrons. The van der Waals surface area contributed by atoms with E-state index in [1.807, 2.05) is 42.7 Å². The highest BCUT2D eigenvalue weighted by atomic mass is 35.5. The summed E-state index contributed by atoms with van der Waals surface area (Å²) in [6, 6.07) is 11.1. The van der Waals surface area contributed by atoms with Crippen molar-refractivity contribution in [3.05, 3.63) is 64.2 Å². The lowest BCUT2D eigenvalue weighted by atomic mass is 9.98. The van der Waals surface area contributed by atoms with Gasteiger partial charge in [-0.1, -0.05) is 37.6 Å². The normalized spacial score (nSPS) is 17.6. The smallest absolute Gasteiger partial charge is 0.264 e. The number of benzene rings is 2. The number of ether oxygens (including phenoxy) is 3. The fourth-order valence-corrected chi connectivity index (χ4v) is 4.82. The summed E-state index contributed by atoms with van der Waals surface area (Å²) in [4.78, 5) is 0. The molecular formula is C24H28ClN3O6S. The Balaban J connectivity index is 1.93. The zero-order valence-corrected chi connectivity index (χ0v) is 21.8. The lowest BCUT2D eigenvalue weighted by Crippen LogP contribution is -2.15. The first-order valence-electron chi connectivity index (χ1n) is 11.1. The molecule has 0 spiro atoms. The van der Waals surface area contributed by atoms with Crippen LogP contribution < -0.4 is 9.47 Å². The second-order valence-electron chi connectivity index (χ2n) is 8.51. The lowest BCUT2D eigenvalue weighted by Gasteiger charge is -2.25. The molecule has 0 saturated heterocycles. The molecule has 2 atom stereocenters. The standard InChI is InChI=1S/C24H28ClN3O6S/c1-14(2)23-26-27-24-20(11-12-33-35(5,29)30)34-21(16-7-6-8-19(31-3)22(16)32-4)17-13-15(25)9-10-18(17)28(23)24/h6-10,13-14,20-21H,11-12H2,1-5H3/t20-,21-/m1/s1. The molecule has 1 aromatic heterocycles. The van der Waals surface area contributed by atoms with Gasteiger partial charge in [0.25, 0.3) is 10.1 Å². The average Bonchev–Trinajstić information content (AvgIpc) is 3.20. The van der Waals surface area contributed by atoms with Gasteiger partial charge in [-0.25, -0.2) is 0 Å². The Hall–Kier alpha value is -2.66. The highest BCUT2D eigenvalue weighted by molar-refractivity contribution is 7.85. The van der Waals surface area contributed by atoms with Crippen molar-refractivity contribution in [3.8, 4) is 17.2 Å². The molecule has 0 bridgehead atoms. The van der Waals surface area contributed by atoms with Crippen molar-refractivity contribution in [1.29, 1.82) is 0 Å². The Morgan fingerprint density at radius 3 is 2.54 bits per heavy atom. The summed E-state index contributed by atoms with van der Waals surface area (Å²) >= 11 is 6.45. The van der Waals surface area contributed by atoms with Gasteiger partial charge in [0.05, 0.1) is 32.8 Å². The van der Waals surface area contributed by atoms with Crippen molar-refractivity contribution in [2.24, 2.45) is 0 Å². The van der Waals surface area contributed by atoms with Crippen LogP contribution in [0.25, 0.3) is 5.69 Å². The molecule has 0 N–H and O–H groups in total. The SMILES string of the molecule is COc1cccc([C@H]2O[C@H](CCOS(C)(=O)=O)c3nnc(C(C)C)n3-c3ccc(Cl)cc32)c1OC. The van der Waals surface area contributed by atoms with E-state index in [1.165, 1.54) is 0 Å². The summed E-state index contributed by atoms with van der Waals surface area (Å²) in [6.45, 7) is 3.98. The molecule has 9 nitrogen and oxygen atoms in total. The second-order valence-corrected chi connectivity index (χ2v) is 10.6. The van der Waals surface area contributed by atoms with Crippen LogP contribution >= 0.6 is 11.6 Å². The molecule has 1 aliphatic heterocycles. The van der Waals surface area contributed by atoms with Gasteiger partial charge in [-0.3, -0.25) is 8.75 Å². The van der Waals surface area contributed by atoms with Crippen LogP contribution in [0.15, 0.2) is 36.4 Å². The van der Waals surface area contributed by atoms with Crippen molar-refractivity contribution in [3.63, 3.8) is 0 Å². The predicted octanol–water partition coefficient (Wildman–Crippen LogP) is 4.59. The summed E-state index contributed by atoms with van der Waals surface area (Å²) < 4.78 is 48.1. The van der Waals surface area contributed by atoms with Crippen molar-refractivity contribution >= 4 is 21.7 Å². The van der Waals surface area contributed by atoms with Crippen molar-refractivity contribution in [1.82, 2.24) is 14.8 Å². The largest absolute Gasteiger partial charge is 0.493 e. The summed E-state index contributed by atoms with van der Waals surface area (Å²) in [7, 11) is -0.476. The van der Waals surface area contributed by atoms with E-state index in [4.69, 9.17) is 30.0 Å². The Labute approximate surface area is 210 Å². The summed E-state index contributed by atoms with van der Waals surface area (Å²) in [5.74, 6) is 2.45. The molecule has 0 amide bonds. The van der Waals surface area contributed by atoms with Gasteiger partial charge in [-0.2, -0.15) is 8.42 Å². The van der Waals surface area contributed by atoms with Crippen LogP contribution in [0.3, 0.4) is 0 Å². The van der Waals surface area contributed by atoms with E-state index >= 15 is 0 Å². The lowest BCUT2D eigenvalue weighted by molar-refractivity contribution is -0.00769. The molecule has 11 heteroatoms. The molecule has 188 valence electrons. The first kappa shape index (κ1) is 25.4. The van der Waals surface area contributed by atoms with E-state index in [-0.39, 0.29) is 18.9 Å². The van der Waals surface area contributed by atoms with Crippen molar-refractivity contribution in [2.45, 2.75) is 38.4 Å². The summed E-state index contributed by atoms with van der Waals surface area (Å²) in [5.41, 5.74) is 2.34. The molecule has 2 heterocycles. The number of halogens is 1. The van der Waals surface area contributed by atoms with E-state index in [0.29, 0.717) is 22.3 Å². The number of methoxy groups -OCH3 is 2. The number of aromatic nitrogens is 3. The number of fused-ring (bicyclic) bond motifs is 3. The number of rotatable bonds is 8. The quantitative estimate of drug-likeness (QED) is 0.397. The van der Waals surface area contributed by atoms with Crippen LogP contribution in [0, 0.1) is 0 Å². The van der Waals surface area contributed by atoms with Gasteiger partial charge in [-0.15, -0.1) is 10.2 Å². The summed E-state index contributed by atoms with van der Waals surface area (Å²) in [5, 5.41) is 9.42. The number of nitrogens with zero attached hydrogens (tertiary/aromatic N) is 3. The van der Waals surface area contributed by atoms with Gasteiger partial charge in [0.15, 0.2) is 17.3 Å². The molecule has 0 saturated carbocycles. The third-order valence-electron chi connectivity index (χ3n) is 5.72. The third-order valence-corrected chi connectivity index (χ3v) is 6.55. The summed E-state index contributed by atoms with van der Waals surface area (Å²) in [6.07, 6.45) is -0.0156.